The molecule has 6 aliphatic rings. The van der Waals surface area contributed by atoms with Gasteiger partial charge in [-0.15, -0.1) is 0 Å². The number of aromatic nitrogens is 3. The fourth-order valence-electron chi connectivity index (χ4n) is 8.88. The van der Waals surface area contributed by atoms with E-state index >= 15 is 4.39 Å². The predicted octanol–water partition coefficient (Wildman–Crippen LogP) is 4.71. The molecule has 5 atom stereocenters. The standard InChI is InChI=1S/C33H34F7N7O3/c1-14-21(33(38,39)40)17(5-18(41)22(14)34)24-23(35)25-20-27(47-6-16-3-4-19(42-16)26(47)15(2)50-28(20)43-24)45-29(44-25)49-13-31(7-32(31,36)37)10-46-8-30(9-46)11-48-12-30/h5,15-16,19,26,42H,3-4,6-13,41H2,1-2H3/t15-,16+,19-,26+,31+/m0/s1. The van der Waals surface area contributed by atoms with Crippen LogP contribution in [0.5, 0.6) is 11.9 Å². The summed E-state index contributed by atoms with van der Waals surface area (Å²) >= 11 is 0. The second kappa shape index (κ2) is 10.4. The van der Waals surface area contributed by atoms with Crippen LogP contribution in [-0.4, -0.2) is 96.0 Å². The molecule has 50 heavy (non-hydrogen) atoms. The lowest BCUT2D eigenvalue weighted by molar-refractivity contribution is -0.194. The van der Waals surface area contributed by atoms with Gasteiger partial charge >= 0.3 is 12.2 Å². The Kier molecular flexibility index (Phi) is 6.73. The molecule has 5 fully saturated rings. The Labute approximate surface area is 281 Å². The molecular weight excluding hydrogens is 675 g/mol. The number of halogens is 7. The van der Waals surface area contributed by atoms with Gasteiger partial charge in [-0.3, -0.25) is 0 Å². The van der Waals surface area contributed by atoms with Crippen LogP contribution in [0.4, 0.5) is 42.2 Å². The molecule has 1 aromatic carbocycles. The summed E-state index contributed by atoms with van der Waals surface area (Å²) in [6.07, 6.45) is -4.44. The van der Waals surface area contributed by atoms with Gasteiger partial charge in [0.2, 0.25) is 5.88 Å². The van der Waals surface area contributed by atoms with Crippen molar-refractivity contribution in [3.8, 4) is 23.1 Å². The molecule has 2 bridgehead atoms. The summed E-state index contributed by atoms with van der Waals surface area (Å²) in [4.78, 5) is 17.1. The number of piperazine rings is 1. The molecular formula is C33H34F7N7O3. The first-order chi connectivity index (χ1) is 23.6. The number of likely N-dealkylation sites (tertiary alicyclic amines) is 1. The van der Waals surface area contributed by atoms with Crippen molar-refractivity contribution in [1.29, 1.82) is 0 Å². The van der Waals surface area contributed by atoms with E-state index in [4.69, 9.17) is 19.9 Å². The Morgan fingerprint density at radius 1 is 1.10 bits per heavy atom. The first kappa shape index (κ1) is 32.2. The average Bonchev–Trinajstić information content (AvgIpc) is 3.40. The molecule has 1 aliphatic carbocycles. The van der Waals surface area contributed by atoms with Crippen LogP contribution in [0.1, 0.15) is 37.3 Å². The minimum Gasteiger partial charge on any atom is -0.472 e. The highest BCUT2D eigenvalue weighted by atomic mass is 19.4. The van der Waals surface area contributed by atoms with Crippen molar-refractivity contribution in [1.82, 2.24) is 25.2 Å². The van der Waals surface area contributed by atoms with E-state index in [0.29, 0.717) is 38.9 Å². The molecule has 5 aliphatic heterocycles. The normalized spacial score (nSPS) is 30.4. The van der Waals surface area contributed by atoms with E-state index in [-0.39, 0.29) is 47.2 Å². The molecule has 268 valence electrons. The Balaban J connectivity index is 1.17. The summed E-state index contributed by atoms with van der Waals surface area (Å²) < 4.78 is 122. The Hall–Kier alpha value is -3.70. The number of alkyl halides is 5. The number of nitrogens with one attached hydrogen (secondary N) is 1. The second-order valence-electron chi connectivity index (χ2n) is 15.1. The average molecular weight is 710 g/mol. The molecule has 0 amide bonds. The Morgan fingerprint density at radius 3 is 2.50 bits per heavy atom. The van der Waals surface area contributed by atoms with Gasteiger partial charge in [-0.25, -0.2) is 22.5 Å². The molecule has 1 saturated carbocycles. The van der Waals surface area contributed by atoms with Crippen LogP contribution in [0.3, 0.4) is 0 Å². The number of nitrogen functional groups attached to an aromatic ring is 1. The van der Waals surface area contributed by atoms with Crippen LogP contribution < -0.4 is 25.4 Å². The molecule has 2 aromatic heterocycles. The first-order valence-corrected chi connectivity index (χ1v) is 16.7. The summed E-state index contributed by atoms with van der Waals surface area (Å²) in [7, 11) is 0. The van der Waals surface area contributed by atoms with Gasteiger partial charge in [-0.05, 0) is 38.3 Å². The highest BCUT2D eigenvalue weighted by Gasteiger charge is 2.73. The van der Waals surface area contributed by atoms with E-state index in [2.05, 4.69) is 20.3 Å². The maximum atomic E-state index is 16.8. The molecule has 9 rings (SSSR count). The van der Waals surface area contributed by atoms with Crippen molar-refractivity contribution in [2.45, 2.75) is 69.4 Å². The number of hydrogen-bond acceptors (Lipinski definition) is 10. The molecule has 1 spiro atoms. The van der Waals surface area contributed by atoms with E-state index in [9.17, 15) is 26.3 Å². The summed E-state index contributed by atoms with van der Waals surface area (Å²) in [6, 6.07) is -0.0415. The van der Waals surface area contributed by atoms with Gasteiger partial charge in [-0.1, -0.05) is 0 Å². The van der Waals surface area contributed by atoms with Crippen molar-refractivity contribution < 1.29 is 44.9 Å². The van der Waals surface area contributed by atoms with Crippen LogP contribution in [0.25, 0.3) is 22.2 Å². The Bertz CT molecular complexity index is 1930. The zero-order chi connectivity index (χ0) is 35.1. The maximum Gasteiger partial charge on any atom is 0.417 e. The number of pyridine rings is 1. The predicted molar refractivity (Wildman–Crippen MR) is 165 cm³/mol. The number of nitrogens with two attached hydrogens (primary N) is 1. The minimum absolute atomic E-state index is 0.00896. The van der Waals surface area contributed by atoms with E-state index in [1.165, 1.54) is 0 Å². The van der Waals surface area contributed by atoms with Crippen LogP contribution in [0, 0.1) is 29.4 Å². The lowest BCUT2D eigenvalue weighted by Crippen LogP contribution is -2.66. The smallest absolute Gasteiger partial charge is 0.417 e. The van der Waals surface area contributed by atoms with Gasteiger partial charge in [0, 0.05) is 55.7 Å². The van der Waals surface area contributed by atoms with Crippen LogP contribution in [-0.2, 0) is 10.9 Å². The van der Waals surface area contributed by atoms with Gasteiger partial charge in [0.25, 0.3) is 5.92 Å². The zero-order valence-electron chi connectivity index (χ0n) is 27.1. The minimum atomic E-state index is -5.11. The zero-order valence-corrected chi connectivity index (χ0v) is 27.1. The monoisotopic (exact) mass is 709 g/mol. The van der Waals surface area contributed by atoms with Crippen molar-refractivity contribution in [2.24, 2.45) is 10.8 Å². The number of anilines is 2. The summed E-state index contributed by atoms with van der Waals surface area (Å²) in [5.41, 5.74) is -0.728. The summed E-state index contributed by atoms with van der Waals surface area (Å²) in [6.45, 7) is 5.23. The lowest BCUT2D eigenvalue weighted by Gasteiger charge is -2.55. The van der Waals surface area contributed by atoms with Crippen molar-refractivity contribution in [2.75, 3.05) is 56.6 Å². The Morgan fingerprint density at radius 2 is 1.84 bits per heavy atom. The van der Waals surface area contributed by atoms with E-state index in [1.807, 2.05) is 9.80 Å². The fourth-order valence-corrected chi connectivity index (χ4v) is 8.88. The highest BCUT2D eigenvalue weighted by molar-refractivity contribution is 5.97. The third-order valence-electron chi connectivity index (χ3n) is 11.4. The van der Waals surface area contributed by atoms with Crippen molar-refractivity contribution in [3.63, 3.8) is 0 Å². The van der Waals surface area contributed by atoms with Gasteiger partial charge < -0.3 is 35.1 Å². The SMILES string of the molecule is Cc1c(F)c(N)cc(-c2nc3c4c(nc(OC[C@]5(CN6CC7(COC7)C6)CC5(F)F)nc4c2F)N2C[C@H]4CC[C@H](N4)[C@H]2[C@H](C)O3)c1C(F)(F)F. The molecule has 0 unspecified atom stereocenters. The summed E-state index contributed by atoms with van der Waals surface area (Å²) in [5, 5.41) is 3.57. The molecule has 3 N–H and O–H groups in total. The third kappa shape index (κ3) is 4.67. The molecule has 4 saturated heterocycles. The van der Waals surface area contributed by atoms with Crippen LogP contribution in [0.15, 0.2) is 6.07 Å². The first-order valence-electron chi connectivity index (χ1n) is 16.7. The van der Waals surface area contributed by atoms with Gasteiger partial charge in [0.05, 0.1) is 35.9 Å². The number of ether oxygens (including phenoxy) is 3. The molecule has 7 heterocycles. The van der Waals surface area contributed by atoms with Crippen LogP contribution in [0.2, 0.25) is 0 Å². The van der Waals surface area contributed by atoms with Crippen molar-refractivity contribution >= 4 is 22.4 Å². The third-order valence-corrected chi connectivity index (χ3v) is 11.4. The lowest BCUT2D eigenvalue weighted by atomic mass is 9.77. The number of rotatable bonds is 6. The highest BCUT2D eigenvalue weighted by Crippen LogP contribution is 2.62. The summed E-state index contributed by atoms with van der Waals surface area (Å²) in [5.74, 6) is -5.61. The van der Waals surface area contributed by atoms with E-state index in [0.717, 1.165) is 19.8 Å². The van der Waals surface area contributed by atoms with Crippen LogP contribution >= 0.6 is 0 Å². The topological polar surface area (TPSA) is 111 Å². The quantitative estimate of drug-likeness (QED) is 0.276. The molecule has 10 nitrogen and oxygen atoms in total. The van der Waals surface area contributed by atoms with Gasteiger partial charge in [0.1, 0.15) is 40.9 Å². The maximum absolute atomic E-state index is 16.8. The number of hydrogen-bond donors (Lipinski definition) is 2. The van der Waals surface area contributed by atoms with Gasteiger partial charge in [0.15, 0.2) is 5.82 Å². The van der Waals surface area contributed by atoms with Gasteiger partial charge in [-0.2, -0.15) is 23.1 Å². The number of fused-ring (bicyclic) bond motifs is 5. The number of nitrogens with zero attached hydrogens (tertiary/aromatic N) is 5. The molecule has 0 radical (unpaired) electrons. The molecule has 3 aromatic rings. The van der Waals surface area contributed by atoms with E-state index < -0.39 is 87.9 Å². The second-order valence-corrected chi connectivity index (χ2v) is 15.1. The largest absolute Gasteiger partial charge is 0.472 e. The fraction of sp³-hybridized carbons (Fsp3) is 0.606. The molecule has 17 heteroatoms. The van der Waals surface area contributed by atoms with E-state index in [1.54, 1.807) is 6.92 Å². The number of benzene rings is 1. The van der Waals surface area contributed by atoms with Crippen molar-refractivity contribution in [3.05, 3.63) is 28.8 Å².